The largest absolute Gasteiger partial charge is 0.483 e. The molecule has 0 radical (unpaired) electrons. The first-order valence-electron chi connectivity index (χ1n) is 10.2. The van der Waals surface area contributed by atoms with Crippen molar-refractivity contribution in [3.8, 4) is 11.4 Å². The van der Waals surface area contributed by atoms with Crippen LogP contribution in [0.3, 0.4) is 0 Å². The molecule has 164 valence electrons. The smallest absolute Gasteiger partial charge is 0.290 e. The van der Waals surface area contributed by atoms with Crippen LogP contribution in [0, 0.1) is 5.92 Å². The summed E-state index contributed by atoms with van der Waals surface area (Å²) in [5.74, 6) is 1.62. The Morgan fingerprint density at radius 3 is 2.59 bits per heavy atom. The summed E-state index contributed by atoms with van der Waals surface area (Å²) in [6.45, 7) is 5.13. The molecule has 0 saturated carbocycles. The molecule has 1 aromatic carbocycles. The fourth-order valence-electron chi connectivity index (χ4n) is 3.97. The minimum Gasteiger partial charge on any atom is -0.483 e. The van der Waals surface area contributed by atoms with Crippen molar-refractivity contribution in [2.24, 2.45) is 5.92 Å². The van der Waals surface area contributed by atoms with E-state index in [0.29, 0.717) is 30.3 Å². The molecule has 0 unspecified atom stereocenters. The number of hydrogen-bond donors (Lipinski definition) is 1. The summed E-state index contributed by atoms with van der Waals surface area (Å²) in [7, 11) is 0. The number of amides is 1. The van der Waals surface area contributed by atoms with Crippen molar-refractivity contribution in [3.63, 3.8) is 0 Å². The van der Waals surface area contributed by atoms with Crippen molar-refractivity contribution in [1.82, 2.24) is 34.3 Å². The highest BCUT2D eigenvalue weighted by atomic mass is 16.3. The van der Waals surface area contributed by atoms with Crippen LogP contribution in [0.25, 0.3) is 17.0 Å². The molecule has 1 aliphatic rings. The van der Waals surface area contributed by atoms with Crippen LogP contribution in [-0.4, -0.2) is 58.3 Å². The fourth-order valence-corrected chi connectivity index (χ4v) is 3.97. The number of benzene rings is 1. The van der Waals surface area contributed by atoms with E-state index in [4.69, 9.17) is 20.0 Å². The van der Waals surface area contributed by atoms with Crippen LogP contribution in [0.5, 0.6) is 0 Å². The lowest BCUT2D eigenvalue weighted by Crippen LogP contribution is -2.45. The summed E-state index contributed by atoms with van der Waals surface area (Å²) >= 11 is 0. The molecule has 32 heavy (non-hydrogen) atoms. The summed E-state index contributed by atoms with van der Waals surface area (Å²) < 4.78 is 3.53. The van der Waals surface area contributed by atoms with Gasteiger partial charge in [0.1, 0.15) is 12.0 Å². The molecule has 4 aromatic rings. The lowest BCUT2D eigenvalue weighted by Gasteiger charge is -2.37. The van der Waals surface area contributed by atoms with Gasteiger partial charge in [-0.2, -0.15) is 10.2 Å². The second kappa shape index (κ2) is 8.96. The van der Waals surface area contributed by atoms with E-state index in [2.05, 4.69) is 23.9 Å². The number of fused-ring (bicyclic) bond motifs is 2. The predicted molar refractivity (Wildman–Crippen MR) is 116 cm³/mol. The molecule has 1 atom stereocenters. The fraction of sp³-hybridized carbons (Fsp3) is 0.273. The molecule has 5 rings (SSSR count). The molecule has 3 aromatic heterocycles. The number of carbonyl (C=O) groups is 2. The van der Waals surface area contributed by atoms with E-state index in [0.717, 1.165) is 11.4 Å². The van der Waals surface area contributed by atoms with Gasteiger partial charge in [0.25, 0.3) is 12.4 Å². The summed E-state index contributed by atoms with van der Waals surface area (Å²) in [6.07, 6.45) is 1.46. The molecule has 1 aliphatic heterocycles. The first-order chi connectivity index (χ1) is 15.5. The van der Waals surface area contributed by atoms with Gasteiger partial charge in [-0.05, 0) is 18.1 Å². The normalized spacial score (nSPS) is 15.2. The summed E-state index contributed by atoms with van der Waals surface area (Å²) in [5.41, 5.74) is 2.13. The Balaban J connectivity index is 0.000000775. The molecule has 10 nitrogen and oxygen atoms in total. The lowest BCUT2D eigenvalue weighted by molar-refractivity contribution is -0.122. The second-order valence-electron chi connectivity index (χ2n) is 7.62. The van der Waals surface area contributed by atoms with Gasteiger partial charge in [-0.25, -0.2) is 19.2 Å². The Morgan fingerprint density at radius 1 is 1.12 bits per heavy atom. The van der Waals surface area contributed by atoms with Gasteiger partial charge in [-0.1, -0.05) is 50.2 Å². The molecular formula is C22H23N7O3. The third-order valence-electron chi connectivity index (χ3n) is 5.30. The Hall–Kier alpha value is -4.08. The van der Waals surface area contributed by atoms with E-state index < -0.39 is 0 Å². The van der Waals surface area contributed by atoms with Gasteiger partial charge in [-0.15, -0.1) is 0 Å². The number of rotatable bonds is 3. The van der Waals surface area contributed by atoms with Gasteiger partial charge in [-0.3, -0.25) is 9.59 Å². The van der Waals surface area contributed by atoms with Gasteiger partial charge < -0.3 is 10.0 Å². The SMILES string of the molecule is CC(C)[C@H]1c2nc(-c3ccccc3)nn2CCN1C(=O)c1cccc2ncnn12.O=CO. The number of carbonyl (C=O) groups excluding carboxylic acids is 1. The molecule has 1 amide bonds. The van der Waals surface area contributed by atoms with Crippen LogP contribution >= 0.6 is 0 Å². The lowest BCUT2D eigenvalue weighted by atomic mass is 9.99. The number of aromatic nitrogens is 6. The van der Waals surface area contributed by atoms with E-state index in [1.54, 1.807) is 10.6 Å². The predicted octanol–water partition coefficient (Wildman–Crippen LogP) is 2.54. The molecule has 0 spiro atoms. The molecule has 10 heteroatoms. The first-order valence-corrected chi connectivity index (χ1v) is 10.2. The maximum atomic E-state index is 13.5. The van der Waals surface area contributed by atoms with E-state index in [1.165, 1.54) is 6.33 Å². The quantitative estimate of drug-likeness (QED) is 0.493. The molecule has 0 bridgehead atoms. The standard InChI is InChI=1S/C21H21N7O.CH2O2/c1-14(2)18-20-24-19(15-7-4-3-5-8-15)25-27(20)12-11-26(18)21(29)16-9-6-10-17-22-13-23-28(16)17;2-1-3/h3-10,13-14,18H,11-12H2,1-2H3;1H,(H,2,3)/t18-;/m0./s1. The topological polar surface area (TPSA) is 119 Å². The van der Waals surface area contributed by atoms with Gasteiger partial charge >= 0.3 is 0 Å². The average Bonchev–Trinajstić information content (AvgIpc) is 3.45. The highest BCUT2D eigenvalue weighted by molar-refractivity contribution is 5.93. The summed E-state index contributed by atoms with van der Waals surface area (Å²) in [5, 5.41) is 15.8. The Bertz CT molecular complexity index is 1230. The number of carboxylic acid groups (broad SMARTS) is 1. The molecule has 4 heterocycles. The zero-order valence-electron chi connectivity index (χ0n) is 17.7. The molecule has 0 saturated heterocycles. The van der Waals surface area contributed by atoms with Crippen LogP contribution in [0.15, 0.2) is 54.9 Å². The van der Waals surface area contributed by atoms with Crippen LogP contribution in [0.4, 0.5) is 0 Å². The van der Waals surface area contributed by atoms with Crippen LogP contribution in [0.2, 0.25) is 0 Å². The van der Waals surface area contributed by atoms with Crippen molar-refractivity contribution in [2.45, 2.75) is 26.4 Å². The highest BCUT2D eigenvalue weighted by Crippen LogP contribution is 2.33. The van der Waals surface area contributed by atoms with Crippen molar-refractivity contribution < 1.29 is 14.7 Å². The zero-order chi connectivity index (χ0) is 22.7. The van der Waals surface area contributed by atoms with Gasteiger partial charge in [0.15, 0.2) is 17.3 Å². The van der Waals surface area contributed by atoms with Gasteiger partial charge in [0, 0.05) is 12.1 Å². The average molecular weight is 433 g/mol. The maximum Gasteiger partial charge on any atom is 0.290 e. The number of nitrogens with zero attached hydrogens (tertiary/aromatic N) is 7. The van der Waals surface area contributed by atoms with Crippen molar-refractivity contribution in [2.75, 3.05) is 6.54 Å². The van der Waals surface area contributed by atoms with E-state index in [-0.39, 0.29) is 24.3 Å². The minimum absolute atomic E-state index is 0.0738. The van der Waals surface area contributed by atoms with Crippen LogP contribution < -0.4 is 0 Å². The van der Waals surface area contributed by atoms with E-state index in [1.807, 2.05) is 52.0 Å². The number of hydrogen-bond acceptors (Lipinski definition) is 6. The Kier molecular flexibility index (Phi) is 5.93. The third kappa shape index (κ3) is 3.82. The Morgan fingerprint density at radius 2 is 1.88 bits per heavy atom. The Labute approximate surface area is 184 Å². The molecule has 0 fully saturated rings. The molecular weight excluding hydrogens is 410 g/mol. The van der Waals surface area contributed by atoms with Crippen LogP contribution in [0.1, 0.15) is 36.2 Å². The molecule has 0 aliphatic carbocycles. The van der Waals surface area contributed by atoms with Crippen molar-refractivity contribution in [1.29, 1.82) is 0 Å². The maximum absolute atomic E-state index is 13.5. The second-order valence-corrected chi connectivity index (χ2v) is 7.62. The van der Waals surface area contributed by atoms with Gasteiger partial charge in [0.2, 0.25) is 0 Å². The van der Waals surface area contributed by atoms with E-state index >= 15 is 0 Å². The van der Waals surface area contributed by atoms with Crippen LogP contribution in [-0.2, 0) is 11.3 Å². The number of pyridine rings is 1. The zero-order valence-corrected chi connectivity index (χ0v) is 17.7. The summed E-state index contributed by atoms with van der Waals surface area (Å²) in [6, 6.07) is 15.2. The summed E-state index contributed by atoms with van der Waals surface area (Å²) in [4.78, 5) is 32.8. The monoisotopic (exact) mass is 433 g/mol. The highest BCUT2D eigenvalue weighted by Gasteiger charge is 2.37. The molecule has 1 N–H and O–H groups in total. The van der Waals surface area contributed by atoms with E-state index in [9.17, 15) is 4.79 Å². The first kappa shape index (κ1) is 21.2. The minimum atomic E-state index is -0.250. The van der Waals surface area contributed by atoms with Crippen molar-refractivity contribution in [3.05, 3.63) is 66.4 Å². The van der Waals surface area contributed by atoms with Crippen molar-refractivity contribution >= 4 is 18.0 Å². The third-order valence-corrected chi connectivity index (χ3v) is 5.30. The van der Waals surface area contributed by atoms with Gasteiger partial charge in [0.05, 0.1) is 12.6 Å².